The Morgan fingerprint density at radius 1 is 1.18 bits per heavy atom. The van der Waals surface area contributed by atoms with Crippen molar-refractivity contribution < 1.29 is 19.0 Å². The fourth-order valence-corrected chi connectivity index (χ4v) is 1.89. The Balaban J connectivity index is 2.19. The number of hydrogen-bond donors (Lipinski definition) is 0. The highest BCUT2D eigenvalue weighted by atomic mass is 16.7. The largest absolute Gasteiger partial charge is 0.465 e. The molecule has 0 aromatic heterocycles. The quantitative estimate of drug-likeness (QED) is 0.267. The summed E-state index contributed by atoms with van der Waals surface area (Å²) in [6.45, 7) is 8.21. The second-order valence-corrected chi connectivity index (χ2v) is 5.08. The predicted molar refractivity (Wildman–Crippen MR) is 86.7 cm³/mol. The van der Waals surface area contributed by atoms with Gasteiger partial charge in [-0.3, -0.25) is 0 Å². The van der Waals surface area contributed by atoms with Crippen molar-refractivity contribution in [2.45, 2.75) is 45.8 Å². The zero-order chi connectivity index (χ0) is 16.2. The van der Waals surface area contributed by atoms with Gasteiger partial charge >= 0.3 is 5.97 Å². The van der Waals surface area contributed by atoms with E-state index < -0.39 is 0 Å². The molecule has 1 atom stereocenters. The first-order chi connectivity index (χ1) is 10.6. The molecule has 4 nitrogen and oxygen atoms in total. The average molecular weight is 306 g/mol. The fourth-order valence-electron chi connectivity index (χ4n) is 1.89. The molecule has 122 valence electrons. The van der Waals surface area contributed by atoms with Crippen LogP contribution in [0.2, 0.25) is 0 Å². The summed E-state index contributed by atoms with van der Waals surface area (Å²) in [5.74, 6) is 0.496. The number of benzene rings is 1. The summed E-state index contributed by atoms with van der Waals surface area (Å²) in [7, 11) is 0. The topological polar surface area (TPSA) is 44.8 Å². The Morgan fingerprint density at radius 3 is 2.55 bits per heavy atom. The van der Waals surface area contributed by atoms with Crippen molar-refractivity contribution in [2.75, 3.05) is 13.2 Å². The van der Waals surface area contributed by atoms with Crippen molar-refractivity contribution in [1.82, 2.24) is 0 Å². The van der Waals surface area contributed by atoms with Crippen LogP contribution in [-0.4, -0.2) is 25.5 Å². The van der Waals surface area contributed by atoms with Crippen LogP contribution >= 0.6 is 0 Å². The number of esters is 1. The van der Waals surface area contributed by atoms with Crippen molar-refractivity contribution in [2.24, 2.45) is 0 Å². The first-order valence-corrected chi connectivity index (χ1v) is 7.79. The lowest BCUT2D eigenvalue weighted by Gasteiger charge is -2.18. The molecule has 0 aliphatic carbocycles. The molecule has 1 rings (SSSR count). The molecule has 0 fully saturated rings. The molecule has 0 N–H and O–H groups in total. The average Bonchev–Trinajstić information content (AvgIpc) is 2.51. The van der Waals surface area contributed by atoms with Gasteiger partial charge in [0.25, 0.3) is 0 Å². The van der Waals surface area contributed by atoms with Gasteiger partial charge in [-0.1, -0.05) is 24.8 Å². The summed E-state index contributed by atoms with van der Waals surface area (Å²) in [4.78, 5) is 11.2. The Morgan fingerprint density at radius 2 is 1.91 bits per heavy atom. The summed E-state index contributed by atoms with van der Waals surface area (Å²) in [6, 6.07) is 9.67. The number of carbonyl (C=O) groups is 1. The number of ether oxygens (including phenoxy) is 3. The molecule has 0 bridgehead atoms. The van der Waals surface area contributed by atoms with Crippen molar-refractivity contribution in [3.05, 3.63) is 42.5 Å². The zero-order valence-corrected chi connectivity index (χ0v) is 13.5. The van der Waals surface area contributed by atoms with Gasteiger partial charge in [0, 0.05) is 18.6 Å². The second kappa shape index (κ2) is 10.9. The number of unbranched alkanes of at least 4 members (excludes halogenated alkanes) is 2. The SMILES string of the molecule is C=C(C)C(=O)OCCCCCC(OCC)Oc1ccccc1. The Hall–Kier alpha value is -1.81. The van der Waals surface area contributed by atoms with Crippen molar-refractivity contribution >= 4 is 5.97 Å². The van der Waals surface area contributed by atoms with Gasteiger partial charge in [-0.05, 0) is 45.2 Å². The fraction of sp³-hybridized carbons (Fsp3) is 0.500. The first-order valence-electron chi connectivity index (χ1n) is 7.79. The van der Waals surface area contributed by atoms with Crippen LogP contribution in [0, 0.1) is 0 Å². The summed E-state index contributed by atoms with van der Waals surface area (Å²) in [5.41, 5.74) is 0.438. The number of hydrogen-bond acceptors (Lipinski definition) is 4. The highest BCUT2D eigenvalue weighted by Crippen LogP contribution is 2.15. The minimum absolute atomic E-state index is 0.231. The third kappa shape index (κ3) is 7.84. The lowest BCUT2D eigenvalue weighted by atomic mass is 10.2. The van der Waals surface area contributed by atoms with Crippen molar-refractivity contribution in [3.8, 4) is 5.75 Å². The standard InChI is InChI=1S/C18H26O4/c1-4-20-17(22-16-11-7-5-8-12-16)13-9-6-10-14-21-18(19)15(2)3/h5,7-8,11-12,17H,2,4,6,9-10,13-14H2,1,3H3. The van der Waals surface area contributed by atoms with Gasteiger partial charge in [-0.15, -0.1) is 0 Å². The molecular formula is C18H26O4. The molecule has 0 radical (unpaired) electrons. The van der Waals surface area contributed by atoms with E-state index in [4.69, 9.17) is 14.2 Å². The predicted octanol–water partition coefficient (Wildman–Crippen LogP) is 4.11. The van der Waals surface area contributed by atoms with Gasteiger partial charge < -0.3 is 14.2 Å². The van der Waals surface area contributed by atoms with Crippen LogP contribution in [0.25, 0.3) is 0 Å². The molecule has 22 heavy (non-hydrogen) atoms. The van der Waals surface area contributed by atoms with E-state index in [0.717, 1.165) is 31.4 Å². The van der Waals surface area contributed by atoms with Gasteiger partial charge in [0.05, 0.1) is 6.61 Å². The molecule has 0 saturated carbocycles. The van der Waals surface area contributed by atoms with Gasteiger partial charge in [0.2, 0.25) is 0 Å². The number of para-hydroxylation sites is 1. The molecular weight excluding hydrogens is 280 g/mol. The van der Waals surface area contributed by atoms with Crippen LogP contribution in [-0.2, 0) is 14.3 Å². The number of rotatable bonds is 11. The lowest BCUT2D eigenvalue weighted by molar-refractivity contribution is -0.139. The van der Waals surface area contributed by atoms with Gasteiger partial charge in [-0.25, -0.2) is 4.79 Å². The molecule has 4 heteroatoms. The van der Waals surface area contributed by atoms with Crippen LogP contribution in [0.1, 0.15) is 39.5 Å². The maximum absolute atomic E-state index is 11.2. The maximum atomic E-state index is 11.2. The van der Waals surface area contributed by atoms with Crippen molar-refractivity contribution in [1.29, 1.82) is 0 Å². The third-order valence-electron chi connectivity index (χ3n) is 3.03. The third-order valence-corrected chi connectivity index (χ3v) is 3.03. The van der Waals surface area contributed by atoms with E-state index in [1.54, 1.807) is 6.92 Å². The molecule has 0 aliphatic heterocycles. The van der Waals surface area contributed by atoms with Crippen LogP contribution in [0.3, 0.4) is 0 Å². The number of carbonyl (C=O) groups excluding carboxylic acids is 1. The van der Waals surface area contributed by atoms with E-state index in [0.29, 0.717) is 18.8 Å². The summed E-state index contributed by atoms with van der Waals surface area (Å²) < 4.78 is 16.5. The Kier molecular flexibility index (Phi) is 9.00. The Labute approximate surface area is 133 Å². The zero-order valence-electron chi connectivity index (χ0n) is 13.5. The van der Waals surface area contributed by atoms with Crippen LogP contribution in [0.5, 0.6) is 5.75 Å². The van der Waals surface area contributed by atoms with E-state index in [9.17, 15) is 4.79 Å². The minimum atomic E-state index is -0.320. The molecule has 0 spiro atoms. The van der Waals surface area contributed by atoms with Gasteiger partial charge in [-0.2, -0.15) is 0 Å². The summed E-state index contributed by atoms with van der Waals surface area (Å²) in [5, 5.41) is 0. The maximum Gasteiger partial charge on any atom is 0.333 e. The molecule has 1 unspecified atom stereocenters. The monoisotopic (exact) mass is 306 g/mol. The smallest absolute Gasteiger partial charge is 0.333 e. The van der Waals surface area contributed by atoms with Crippen LogP contribution in [0.15, 0.2) is 42.5 Å². The van der Waals surface area contributed by atoms with Crippen molar-refractivity contribution in [3.63, 3.8) is 0 Å². The van der Waals surface area contributed by atoms with E-state index >= 15 is 0 Å². The molecule has 0 amide bonds. The van der Waals surface area contributed by atoms with E-state index in [-0.39, 0.29) is 12.3 Å². The van der Waals surface area contributed by atoms with E-state index in [1.165, 1.54) is 0 Å². The molecule has 0 heterocycles. The van der Waals surface area contributed by atoms with Crippen LogP contribution < -0.4 is 4.74 Å². The summed E-state index contributed by atoms with van der Waals surface area (Å²) >= 11 is 0. The second-order valence-electron chi connectivity index (χ2n) is 5.08. The molecule has 1 aromatic carbocycles. The Bertz CT molecular complexity index is 442. The van der Waals surface area contributed by atoms with Gasteiger partial charge in [0.1, 0.15) is 5.75 Å². The lowest BCUT2D eigenvalue weighted by Crippen LogP contribution is -2.20. The summed E-state index contributed by atoms with van der Waals surface area (Å²) in [6.07, 6.45) is 3.35. The molecule has 0 saturated heterocycles. The van der Waals surface area contributed by atoms with Crippen LogP contribution in [0.4, 0.5) is 0 Å². The minimum Gasteiger partial charge on any atom is -0.465 e. The van der Waals surface area contributed by atoms with E-state index in [2.05, 4.69) is 6.58 Å². The molecule has 0 aliphatic rings. The highest BCUT2D eigenvalue weighted by Gasteiger charge is 2.10. The highest BCUT2D eigenvalue weighted by molar-refractivity contribution is 5.86. The first kappa shape index (κ1) is 18.2. The molecule has 1 aromatic rings. The normalized spacial score (nSPS) is 11.7. The van der Waals surface area contributed by atoms with Gasteiger partial charge in [0.15, 0.2) is 6.29 Å². The van der Waals surface area contributed by atoms with E-state index in [1.807, 2.05) is 37.3 Å².